The summed E-state index contributed by atoms with van der Waals surface area (Å²) in [6.45, 7) is 6.53. The molecule has 0 aromatic heterocycles. The van der Waals surface area contributed by atoms with Crippen molar-refractivity contribution in [1.29, 1.82) is 0 Å². The molecule has 57 heavy (non-hydrogen) atoms. The molecule has 0 aliphatic heterocycles. The van der Waals surface area contributed by atoms with E-state index in [1.54, 1.807) is 0 Å². The summed E-state index contributed by atoms with van der Waals surface area (Å²) in [5.41, 5.74) is 0. The summed E-state index contributed by atoms with van der Waals surface area (Å²) in [6, 6.07) is 0. The zero-order valence-electron chi connectivity index (χ0n) is 37.6. The molecule has 0 aromatic rings. The van der Waals surface area contributed by atoms with Crippen molar-refractivity contribution in [2.75, 3.05) is 13.2 Å². The first-order chi connectivity index (χ1) is 28.0. The van der Waals surface area contributed by atoms with Crippen molar-refractivity contribution in [2.45, 2.75) is 245 Å². The van der Waals surface area contributed by atoms with Gasteiger partial charge in [0.25, 0.3) is 0 Å². The summed E-state index contributed by atoms with van der Waals surface area (Å²) in [6.07, 6.45) is 53.8. The summed E-state index contributed by atoms with van der Waals surface area (Å²) in [4.78, 5) is 37.8. The van der Waals surface area contributed by atoms with Crippen LogP contribution < -0.4 is 0 Å². The third-order valence-corrected chi connectivity index (χ3v) is 10.3. The summed E-state index contributed by atoms with van der Waals surface area (Å²) >= 11 is 0. The molecule has 0 saturated carbocycles. The second-order valence-electron chi connectivity index (χ2n) is 16.0. The highest BCUT2D eigenvalue weighted by atomic mass is 16.6. The molecule has 0 rings (SSSR count). The number of ether oxygens (including phenoxy) is 3. The van der Waals surface area contributed by atoms with Gasteiger partial charge in [-0.25, -0.2) is 0 Å². The lowest BCUT2D eigenvalue weighted by Gasteiger charge is -2.18. The van der Waals surface area contributed by atoms with Crippen LogP contribution in [0.5, 0.6) is 0 Å². The summed E-state index contributed by atoms with van der Waals surface area (Å²) in [5, 5.41) is 0. The molecular weight excluding hydrogens is 709 g/mol. The van der Waals surface area contributed by atoms with E-state index in [4.69, 9.17) is 14.2 Å². The van der Waals surface area contributed by atoms with Crippen LogP contribution >= 0.6 is 0 Å². The molecule has 0 amide bonds. The number of carbonyl (C=O) groups is 3. The molecule has 0 spiro atoms. The van der Waals surface area contributed by atoms with Crippen LogP contribution in [0.15, 0.2) is 48.6 Å². The smallest absolute Gasteiger partial charge is 0.306 e. The maximum Gasteiger partial charge on any atom is 0.306 e. The average molecular weight is 799 g/mol. The summed E-state index contributed by atoms with van der Waals surface area (Å²) in [7, 11) is 0. The van der Waals surface area contributed by atoms with Crippen LogP contribution in [0.1, 0.15) is 239 Å². The number of rotatable bonds is 43. The van der Waals surface area contributed by atoms with E-state index in [0.29, 0.717) is 19.3 Å². The summed E-state index contributed by atoms with van der Waals surface area (Å²) in [5.74, 6) is -0.934. The van der Waals surface area contributed by atoms with E-state index in [1.807, 2.05) is 0 Å². The van der Waals surface area contributed by atoms with Gasteiger partial charge in [-0.3, -0.25) is 14.4 Å². The molecule has 0 unspecified atom stereocenters. The highest BCUT2D eigenvalue weighted by Crippen LogP contribution is 2.14. The molecule has 0 aliphatic rings. The molecule has 330 valence electrons. The highest BCUT2D eigenvalue weighted by molar-refractivity contribution is 5.71. The second kappa shape index (κ2) is 46.1. The monoisotopic (exact) mass is 799 g/mol. The molecule has 0 radical (unpaired) electrons. The number of esters is 3. The SMILES string of the molecule is CCCC/C=C\CCCCCCCC(=O)OC[C@H](COC(=O)CCCC/C=C\C/C=C\C/C=C\CCCCC)OC(=O)CCCCCCCCCCCCCCC. The molecule has 6 nitrogen and oxygen atoms in total. The fraction of sp³-hybridized carbons (Fsp3) is 0.784. The lowest BCUT2D eigenvalue weighted by atomic mass is 10.0. The van der Waals surface area contributed by atoms with Gasteiger partial charge < -0.3 is 14.2 Å². The Morgan fingerprint density at radius 3 is 1.12 bits per heavy atom. The van der Waals surface area contributed by atoms with Gasteiger partial charge in [0.05, 0.1) is 0 Å². The first-order valence-electron chi connectivity index (χ1n) is 24.1. The van der Waals surface area contributed by atoms with Crippen molar-refractivity contribution in [3.63, 3.8) is 0 Å². The Kier molecular flexibility index (Phi) is 43.9. The number of allylic oxidation sites excluding steroid dienone is 8. The van der Waals surface area contributed by atoms with E-state index in [2.05, 4.69) is 69.4 Å². The summed E-state index contributed by atoms with van der Waals surface area (Å²) < 4.78 is 16.7. The molecular formula is C51H90O6. The van der Waals surface area contributed by atoms with Crippen molar-refractivity contribution in [2.24, 2.45) is 0 Å². The standard InChI is InChI=1S/C51H90O6/c1-4-7-10-13-16-19-22-24-25-27-29-32-35-38-41-44-50(53)56-47-48(46-55-49(52)43-40-37-34-31-28-21-18-15-12-9-6-3)57-51(54)45-42-39-36-33-30-26-23-20-17-14-11-8-5-2/h15-16,18-19,24-25,29,32,48H,4-14,17,20-23,26-28,30-31,33-47H2,1-3H3/b18-15-,19-16-,25-24-,32-29-/t48-/m1/s1. The van der Waals surface area contributed by atoms with E-state index >= 15 is 0 Å². The largest absolute Gasteiger partial charge is 0.462 e. The van der Waals surface area contributed by atoms with Gasteiger partial charge in [0.2, 0.25) is 0 Å². The van der Waals surface area contributed by atoms with Gasteiger partial charge >= 0.3 is 17.9 Å². The highest BCUT2D eigenvalue weighted by Gasteiger charge is 2.19. The maximum atomic E-state index is 12.7. The first-order valence-corrected chi connectivity index (χ1v) is 24.1. The lowest BCUT2D eigenvalue weighted by molar-refractivity contribution is -0.167. The van der Waals surface area contributed by atoms with Gasteiger partial charge in [-0.2, -0.15) is 0 Å². The predicted octanol–water partition coefficient (Wildman–Crippen LogP) is 15.5. The van der Waals surface area contributed by atoms with Crippen LogP contribution in [0.2, 0.25) is 0 Å². The molecule has 0 fully saturated rings. The Balaban J connectivity index is 4.43. The third kappa shape index (κ3) is 44.3. The molecule has 0 heterocycles. The molecule has 0 aromatic carbocycles. The van der Waals surface area contributed by atoms with Crippen LogP contribution in [-0.2, 0) is 28.6 Å². The predicted molar refractivity (Wildman–Crippen MR) is 242 cm³/mol. The average Bonchev–Trinajstić information content (AvgIpc) is 3.21. The molecule has 0 N–H and O–H groups in total. The molecule has 0 aliphatic carbocycles. The van der Waals surface area contributed by atoms with E-state index in [0.717, 1.165) is 77.0 Å². The van der Waals surface area contributed by atoms with Crippen molar-refractivity contribution < 1.29 is 28.6 Å². The minimum atomic E-state index is -0.787. The first kappa shape index (κ1) is 54.4. The van der Waals surface area contributed by atoms with Crippen molar-refractivity contribution in [3.8, 4) is 0 Å². The van der Waals surface area contributed by atoms with Gasteiger partial charge in [0.1, 0.15) is 13.2 Å². The van der Waals surface area contributed by atoms with Crippen LogP contribution in [0.25, 0.3) is 0 Å². The lowest BCUT2D eigenvalue weighted by Crippen LogP contribution is -2.30. The Labute approximate surface area is 352 Å². The second-order valence-corrected chi connectivity index (χ2v) is 16.0. The topological polar surface area (TPSA) is 78.9 Å². The van der Waals surface area contributed by atoms with Crippen LogP contribution in [0, 0.1) is 0 Å². The van der Waals surface area contributed by atoms with E-state index in [-0.39, 0.29) is 31.1 Å². The van der Waals surface area contributed by atoms with E-state index < -0.39 is 6.10 Å². The van der Waals surface area contributed by atoms with E-state index in [9.17, 15) is 14.4 Å². The third-order valence-electron chi connectivity index (χ3n) is 10.3. The number of unbranched alkanes of at least 4 members (excludes halogenated alkanes) is 24. The minimum absolute atomic E-state index is 0.0880. The van der Waals surface area contributed by atoms with Gasteiger partial charge in [-0.15, -0.1) is 0 Å². The molecule has 6 heteroatoms. The molecule has 1 atom stereocenters. The fourth-order valence-corrected chi connectivity index (χ4v) is 6.61. The van der Waals surface area contributed by atoms with Crippen LogP contribution in [-0.4, -0.2) is 37.2 Å². The Hall–Kier alpha value is -2.63. The van der Waals surface area contributed by atoms with Crippen LogP contribution in [0.3, 0.4) is 0 Å². The Bertz CT molecular complexity index is 1010. The fourth-order valence-electron chi connectivity index (χ4n) is 6.61. The van der Waals surface area contributed by atoms with E-state index in [1.165, 1.54) is 122 Å². The van der Waals surface area contributed by atoms with Crippen molar-refractivity contribution in [1.82, 2.24) is 0 Å². The van der Waals surface area contributed by atoms with Gasteiger partial charge in [-0.1, -0.05) is 191 Å². The number of hydrogen-bond acceptors (Lipinski definition) is 6. The molecule has 0 saturated heterocycles. The van der Waals surface area contributed by atoms with Gasteiger partial charge in [0, 0.05) is 19.3 Å². The molecule has 0 bridgehead atoms. The van der Waals surface area contributed by atoms with Crippen LogP contribution in [0.4, 0.5) is 0 Å². The zero-order valence-corrected chi connectivity index (χ0v) is 37.6. The van der Waals surface area contributed by atoms with Gasteiger partial charge in [-0.05, 0) is 77.0 Å². The maximum absolute atomic E-state index is 12.7. The number of carbonyl (C=O) groups excluding carboxylic acids is 3. The zero-order chi connectivity index (χ0) is 41.5. The Morgan fingerprint density at radius 1 is 0.351 bits per heavy atom. The Morgan fingerprint density at radius 2 is 0.649 bits per heavy atom. The van der Waals surface area contributed by atoms with Crippen molar-refractivity contribution in [3.05, 3.63) is 48.6 Å². The minimum Gasteiger partial charge on any atom is -0.462 e. The normalized spacial score (nSPS) is 12.4. The number of hydrogen-bond donors (Lipinski definition) is 0. The quantitative estimate of drug-likeness (QED) is 0.0265. The van der Waals surface area contributed by atoms with Crippen molar-refractivity contribution >= 4 is 17.9 Å². The van der Waals surface area contributed by atoms with Gasteiger partial charge in [0.15, 0.2) is 6.10 Å².